The highest BCUT2D eigenvalue weighted by Crippen LogP contribution is 2.34. The normalized spacial score (nSPS) is 17.7. The average Bonchev–Trinajstić information content (AvgIpc) is 3.00. The van der Waals surface area contributed by atoms with E-state index in [1.165, 1.54) is 18.4 Å². The molecule has 1 aromatic rings. The first-order chi connectivity index (χ1) is 7.25. The Morgan fingerprint density at radius 1 is 1.53 bits per heavy atom. The summed E-state index contributed by atoms with van der Waals surface area (Å²) in [5, 5.41) is 9.68. The van der Waals surface area contributed by atoms with Gasteiger partial charge < -0.3 is 10.8 Å². The molecule has 1 aliphatic rings. The van der Waals surface area contributed by atoms with Gasteiger partial charge in [0.15, 0.2) is 0 Å². The van der Waals surface area contributed by atoms with Crippen LogP contribution >= 0.6 is 0 Å². The second-order valence-electron chi connectivity index (χ2n) is 4.39. The lowest BCUT2D eigenvalue weighted by molar-refractivity contribution is 0.139. The van der Waals surface area contributed by atoms with Crippen LogP contribution in [0.1, 0.15) is 31.2 Å². The van der Waals surface area contributed by atoms with Crippen LogP contribution in [-0.4, -0.2) is 16.2 Å². The van der Waals surface area contributed by atoms with Gasteiger partial charge in [0, 0.05) is 6.20 Å². The van der Waals surface area contributed by atoms with E-state index in [4.69, 9.17) is 5.73 Å². The second kappa shape index (κ2) is 4.62. The molecule has 3 heteroatoms. The monoisotopic (exact) mass is 206 g/mol. The lowest BCUT2D eigenvalue weighted by Gasteiger charge is -2.08. The third-order valence-electron chi connectivity index (χ3n) is 2.98. The van der Waals surface area contributed by atoms with E-state index in [0.717, 1.165) is 19.3 Å². The van der Waals surface area contributed by atoms with Gasteiger partial charge in [0.2, 0.25) is 0 Å². The molecule has 0 aromatic carbocycles. The molecular formula is C12H18N2O. The molecule has 1 heterocycles. The summed E-state index contributed by atoms with van der Waals surface area (Å²) in [5.74, 6) is 1.17. The Hall–Kier alpha value is -1.09. The van der Waals surface area contributed by atoms with E-state index in [1.807, 2.05) is 12.1 Å². The number of hydrogen-bond donors (Lipinski definition) is 2. The highest BCUT2D eigenvalue weighted by molar-refractivity contribution is 5.31. The Labute approximate surface area is 90.3 Å². The van der Waals surface area contributed by atoms with Crippen LogP contribution in [0.25, 0.3) is 0 Å². The lowest BCUT2D eigenvalue weighted by atomic mass is 10.0. The van der Waals surface area contributed by atoms with Gasteiger partial charge in [0.25, 0.3) is 0 Å². The number of nitrogens with zero attached hydrogens (tertiary/aromatic N) is 1. The van der Waals surface area contributed by atoms with Crippen LogP contribution in [0, 0.1) is 5.92 Å². The number of anilines is 1. The predicted octanol–water partition coefficient (Wildman–Crippen LogP) is 1.76. The van der Waals surface area contributed by atoms with Crippen molar-refractivity contribution in [1.29, 1.82) is 0 Å². The third kappa shape index (κ3) is 3.20. The fourth-order valence-electron chi connectivity index (χ4n) is 1.88. The van der Waals surface area contributed by atoms with E-state index in [-0.39, 0.29) is 6.10 Å². The van der Waals surface area contributed by atoms with Crippen LogP contribution in [0.5, 0.6) is 0 Å². The molecule has 15 heavy (non-hydrogen) atoms. The molecule has 1 saturated carbocycles. The Bertz CT molecular complexity index is 323. The Morgan fingerprint density at radius 2 is 2.33 bits per heavy atom. The van der Waals surface area contributed by atoms with Gasteiger partial charge >= 0.3 is 0 Å². The zero-order valence-electron chi connectivity index (χ0n) is 8.89. The largest absolute Gasteiger partial charge is 0.393 e. The van der Waals surface area contributed by atoms with Crippen molar-refractivity contribution in [3.05, 3.63) is 23.9 Å². The fourth-order valence-corrected chi connectivity index (χ4v) is 1.88. The van der Waals surface area contributed by atoms with Crippen LogP contribution in [0.2, 0.25) is 0 Å². The van der Waals surface area contributed by atoms with Crippen molar-refractivity contribution in [3.63, 3.8) is 0 Å². The van der Waals surface area contributed by atoms with Gasteiger partial charge in [-0.15, -0.1) is 0 Å². The van der Waals surface area contributed by atoms with Crippen LogP contribution in [0.4, 0.5) is 5.82 Å². The minimum absolute atomic E-state index is 0.0795. The number of rotatable bonds is 5. The predicted molar refractivity (Wildman–Crippen MR) is 60.3 cm³/mol. The quantitative estimate of drug-likeness (QED) is 0.771. The first kappa shape index (κ1) is 10.4. The maximum absolute atomic E-state index is 9.68. The SMILES string of the molecule is Nc1cc(CCCC(O)C2CC2)ccn1. The molecular weight excluding hydrogens is 188 g/mol. The molecule has 1 unspecified atom stereocenters. The third-order valence-corrected chi connectivity index (χ3v) is 2.98. The molecule has 1 atom stereocenters. The maximum atomic E-state index is 9.68. The van der Waals surface area contributed by atoms with Crippen molar-refractivity contribution in [2.75, 3.05) is 5.73 Å². The van der Waals surface area contributed by atoms with E-state index in [1.54, 1.807) is 6.20 Å². The molecule has 0 saturated heterocycles. The number of nitrogen functional groups attached to an aromatic ring is 1. The standard InChI is InChI=1S/C12H18N2O/c13-12-8-9(6-7-14-12)2-1-3-11(15)10-4-5-10/h6-8,10-11,15H,1-5H2,(H2,13,14). The topological polar surface area (TPSA) is 59.1 Å². The highest BCUT2D eigenvalue weighted by atomic mass is 16.3. The van der Waals surface area contributed by atoms with Gasteiger partial charge in [-0.3, -0.25) is 0 Å². The van der Waals surface area contributed by atoms with Crippen molar-refractivity contribution in [2.24, 2.45) is 5.92 Å². The Morgan fingerprint density at radius 3 is 3.00 bits per heavy atom. The smallest absolute Gasteiger partial charge is 0.123 e. The van der Waals surface area contributed by atoms with Gasteiger partial charge in [-0.25, -0.2) is 4.98 Å². The van der Waals surface area contributed by atoms with Crippen LogP contribution in [-0.2, 0) is 6.42 Å². The molecule has 0 spiro atoms. The van der Waals surface area contributed by atoms with Crippen LogP contribution in [0.3, 0.4) is 0 Å². The van der Waals surface area contributed by atoms with Crippen LogP contribution < -0.4 is 5.73 Å². The van der Waals surface area contributed by atoms with Gasteiger partial charge in [-0.2, -0.15) is 0 Å². The minimum atomic E-state index is -0.0795. The first-order valence-corrected chi connectivity index (χ1v) is 5.64. The fraction of sp³-hybridized carbons (Fsp3) is 0.583. The number of pyridine rings is 1. The molecule has 3 N–H and O–H groups in total. The summed E-state index contributed by atoms with van der Waals surface area (Å²) in [6.45, 7) is 0. The molecule has 1 fully saturated rings. The molecule has 2 rings (SSSR count). The minimum Gasteiger partial charge on any atom is -0.393 e. The zero-order chi connectivity index (χ0) is 10.7. The summed E-state index contributed by atoms with van der Waals surface area (Å²) in [6.07, 6.45) is 7.00. The van der Waals surface area contributed by atoms with Gasteiger partial charge in [-0.05, 0) is 55.7 Å². The van der Waals surface area contributed by atoms with Crippen molar-refractivity contribution >= 4 is 5.82 Å². The molecule has 1 aromatic heterocycles. The van der Waals surface area contributed by atoms with Crippen molar-refractivity contribution < 1.29 is 5.11 Å². The summed E-state index contributed by atoms with van der Waals surface area (Å²) in [4.78, 5) is 3.95. The van der Waals surface area contributed by atoms with E-state index >= 15 is 0 Å². The number of aryl methyl sites for hydroxylation is 1. The summed E-state index contributed by atoms with van der Waals surface area (Å²) in [7, 11) is 0. The van der Waals surface area contributed by atoms with Crippen molar-refractivity contribution in [2.45, 2.75) is 38.2 Å². The maximum Gasteiger partial charge on any atom is 0.123 e. The summed E-state index contributed by atoms with van der Waals surface area (Å²) in [6, 6.07) is 3.89. The molecule has 82 valence electrons. The number of nitrogens with two attached hydrogens (primary N) is 1. The van der Waals surface area contributed by atoms with Crippen molar-refractivity contribution in [3.8, 4) is 0 Å². The van der Waals surface area contributed by atoms with Gasteiger partial charge in [0.05, 0.1) is 6.10 Å². The van der Waals surface area contributed by atoms with E-state index in [9.17, 15) is 5.11 Å². The first-order valence-electron chi connectivity index (χ1n) is 5.64. The molecule has 0 aliphatic heterocycles. The second-order valence-corrected chi connectivity index (χ2v) is 4.39. The molecule has 0 bridgehead atoms. The van der Waals surface area contributed by atoms with Crippen LogP contribution in [0.15, 0.2) is 18.3 Å². The highest BCUT2D eigenvalue weighted by Gasteiger charge is 2.28. The number of aromatic nitrogens is 1. The Balaban J connectivity index is 1.73. The molecule has 1 aliphatic carbocycles. The Kier molecular flexibility index (Phi) is 3.21. The summed E-state index contributed by atoms with van der Waals surface area (Å²) in [5.41, 5.74) is 6.80. The van der Waals surface area contributed by atoms with Gasteiger partial charge in [-0.1, -0.05) is 0 Å². The van der Waals surface area contributed by atoms with E-state index in [2.05, 4.69) is 4.98 Å². The number of aliphatic hydroxyl groups excluding tert-OH is 1. The van der Waals surface area contributed by atoms with Crippen molar-refractivity contribution in [1.82, 2.24) is 4.98 Å². The number of hydrogen-bond acceptors (Lipinski definition) is 3. The average molecular weight is 206 g/mol. The molecule has 0 radical (unpaired) electrons. The summed E-state index contributed by atoms with van der Waals surface area (Å²) >= 11 is 0. The zero-order valence-corrected chi connectivity index (χ0v) is 8.89. The molecule has 3 nitrogen and oxygen atoms in total. The summed E-state index contributed by atoms with van der Waals surface area (Å²) < 4.78 is 0. The number of aliphatic hydroxyl groups is 1. The van der Waals surface area contributed by atoms with Gasteiger partial charge in [0.1, 0.15) is 5.82 Å². The van der Waals surface area contributed by atoms with E-state index in [0.29, 0.717) is 11.7 Å². The molecule has 0 amide bonds. The lowest BCUT2D eigenvalue weighted by Crippen LogP contribution is -2.09. The van der Waals surface area contributed by atoms with E-state index < -0.39 is 0 Å².